The largest absolute Gasteiger partial charge is 0.466 e. The molecule has 0 spiro atoms. The molecule has 0 aromatic carbocycles. The molecule has 0 aromatic heterocycles. The van der Waals surface area contributed by atoms with Crippen molar-refractivity contribution in [2.24, 2.45) is 0 Å². The molecule has 6 nitrogen and oxygen atoms in total. The van der Waals surface area contributed by atoms with Gasteiger partial charge in [-0.25, -0.2) is 0 Å². The summed E-state index contributed by atoms with van der Waals surface area (Å²) < 4.78 is 5.49. The predicted molar refractivity (Wildman–Crippen MR) is 366 cm³/mol. The van der Waals surface area contributed by atoms with Gasteiger partial charge >= 0.3 is 5.97 Å². The topological polar surface area (TPSA) is 95.9 Å². The summed E-state index contributed by atoms with van der Waals surface area (Å²) in [6.45, 7) is 4.99. The van der Waals surface area contributed by atoms with Crippen LogP contribution in [0.3, 0.4) is 0 Å². The zero-order valence-electron chi connectivity index (χ0n) is 56.5. The lowest BCUT2D eigenvalue weighted by Gasteiger charge is -2.22. The Labute approximate surface area is 520 Å². The van der Waals surface area contributed by atoms with Crippen LogP contribution in [0.5, 0.6) is 0 Å². The number of hydrogen-bond acceptors (Lipinski definition) is 5. The van der Waals surface area contributed by atoms with Crippen molar-refractivity contribution in [1.82, 2.24) is 5.32 Å². The number of ether oxygens (including phenoxy) is 1. The number of aliphatic hydroxyl groups excluding tert-OH is 2. The molecule has 0 saturated heterocycles. The van der Waals surface area contributed by atoms with E-state index in [1.54, 1.807) is 0 Å². The van der Waals surface area contributed by atoms with Gasteiger partial charge in [0.25, 0.3) is 0 Å². The zero-order valence-corrected chi connectivity index (χ0v) is 56.5. The van der Waals surface area contributed by atoms with Crippen LogP contribution in [0.4, 0.5) is 0 Å². The van der Waals surface area contributed by atoms with Crippen LogP contribution in [0.1, 0.15) is 431 Å². The summed E-state index contributed by atoms with van der Waals surface area (Å²) in [5, 5.41) is 23.5. The minimum absolute atomic E-state index is 0.00748. The molecule has 0 heterocycles. The van der Waals surface area contributed by atoms with Crippen LogP contribution >= 0.6 is 0 Å². The van der Waals surface area contributed by atoms with E-state index in [1.165, 1.54) is 353 Å². The molecular formula is C77H149NO5. The molecule has 0 saturated carbocycles. The summed E-state index contributed by atoms with van der Waals surface area (Å²) in [7, 11) is 0. The van der Waals surface area contributed by atoms with Gasteiger partial charge < -0.3 is 20.3 Å². The van der Waals surface area contributed by atoms with Crippen LogP contribution in [0.2, 0.25) is 0 Å². The quantitative estimate of drug-likeness (QED) is 0.0320. The van der Waals surface area contributed by atoms with Crippen LogP contribution < -0.4 is 5.32 Å². The van der Waals surface area contributed by atoms with E-state index < -0.39 is 12.1 Å². The molecule has 0 aliphatic carbocycles. The summed E-state index contributed by atoms with van der Waals surface area (Å²) in [6, 6.07) is -0.544. The highest BCUT2D eigenvalue weighted by Gasteiger charge is 2.20. The lowest BCUT2D eigenvalue weighted by atomic mass is 10.0. The first-order chi connectivity index (χ1) is 41.0. The Kier molecular flexibility index (Phi) is 71.4. The molecule has 492 valence electrons. The van der Waals surface area contributed by atoms with Crippen molar-refractivity contribution in [2.45, 2.75) is 443 Å². The third-order valence-corrected chi connectivity index (χ3v) is 18.0. The lowest BCUT2D eigenvalue weighted by Crippen LogP contribution is -2.45. The van der Waals surface area contributed by atoms with Gasteiger partial charge in [-0.15, -0.1) is 0 Å². The zero-order chi connectivity index (χ0) is 59.9. The Hall–Kier alpha value is -1.66. The fourth-order valence-corrected chi connectivity index (χ4v) is 12.2. The molecule has 2 unspecified atom stereocenters. The number of nitrogens with one attached hydrogen (secondary N) is 1. The van der Waals surface area contributed by atoms with E-state index in [2.05, 4.69) is 43.5 Å². The molecule has 0 bridgehead atoms. The van der Waals surface area contributed by atoms with Crippen molar-refractivity contribution >= 4 is 11.9 Å². The van der Waals surface area contributed by atoms with Crippen molar-refractivity contribution in [3.8, 4) is 0 Å². The number of unbranched alkanes of at least 4 members (excludes halogenated alkanes) is 57. The minimum Gasteiger partial charge on any atom is -0.466 e. The SMILES string of the molecule is CCCCCCCC/C=C\CCCCCCCC(=O)OCCCCCCCCCCCCCC/C=C\CCCCCCCCCCCCC(=O)NC(CO)C(O)CCCCCCCCCCCCCCCCCCCCCCCCCCC. The highest BCUT2D eigenvalue weighted by atomic mass is 16.5. The van der Waals surface area contributed by atoms with Crippen LogP contribution in [-0.2, 0) is 14.3 Å². The molecule has 83 heavy (non-hydrogen) atoms. The first-order valence-electron chi connectivity index (χ1n) is 38.1. The Balaban J connectivity index is 3.39. The summed E-state index contributed by atoms with van der Waals surface area (Å²) in [5.41, 5.74) is 0. The van der Waals surface area contributed by atoms with Crippen molar-refractivity contribution in [2.75, 3.05) is 13.2 Å². The molecule has 2 atom stereocenters. The number of carbonyl (C=O) groups is 2. The molecule has 0 aromatic rings. The molecule has 0 aliphatic rings. The summed E-state index contributed by atoms with van der Waals surface area (Å²) in [5.74, 6) is -0.0240. The van der Waals surface area contributed by atoms with Crippen molar-refractivity contribution < 1.29 is 24.5 Å². The van der Waals surface area contributed by atoms with E-state index in [-0.39, 0.29) is 18.5 Å². The van der Waals surface area contributed by atoms with Gasteiger partial charge in [0.15, 0.2) is 0 Å². The predicted octanol–water partition coefficient (Wildman–Crippen LogP) is 24.9. The monoisotopic (exact) mass is 1170 g/mol. The molecule has 0 radical (unpaired) electrons. The molecule has 0 aliphatic heterocycles. The summed E-state index contributed by atoms with van der Waals surface area (Å²) >= 11 is 0. The van der Waals surface area contributed by atoms with E-state index in [1.807, 2.05) is 0 Å². The van der Waals surface area contributed by atoms with Gasteiger partial charge in [0, 0.05) is 12.8 Å². The van der Waals surface area contributed by atoms with Crippen LogP contribution in [-0.4, -0.2) is 47.4 Å². The third kappa shape index (κ3) is 69.3. The molecule has 1 amide bonds. The van der Waals surface area contributed by atoms with E-state index in [9.17, 15) is 19.8 Å². The van der Waals surface area contributed by atoms with Gasteiger partial charge in [-0.3, -0.25) is 9.59 Å². The maximum Gasteiger partial charge on any atom is 0.305 e. The average Bonchev–Trinajstić information content (AvgIpc) is 3.49. The number of aliphatic hydroxyl groups is 2. The second kappa shape index (κ2) is 72.8. The number of rotatable bonds is 72. The normalized spacial score (nSPS) is 12.6. The molecule has 6 heteroatoms. The Morgan fingerprint density at radius 1 is 0.325 bits per heavy atom. The van der Waals surface area contributed by atoms with Crippen LogP contribution in [0.15, 0.2) is 24.3 Å². The maximum atomic E-state index is 12.6. The van der Waals surface area contributed by atoms with E-state index >= 15 is 0 Å². The Morgan fingerprint density at radius 2 is 0.566 bits per heavy atom. The number of esters is 1. The van der Waals surface area contributed by atoms with Gasteiger partial charge in [-0.1, -0.05) is 366 Å². The lowest BCUT2D eigenvalue weighted by molar-refractivity contribution is -0.143. The Bertz CT molecular complexity index is 1300. The molecule has 0 fully saturated rings. The standard InChI is InChI=1S/C77H149NO5/c1-3-5-7-9-11-13-15-17-19-20-21-22-23-26-29-32-35-38-42-45-49-53-57-61-65-69-75(80)74(73-79)78-76(81)70-66-62-58-54-50-46-43-39-36-33-30-27-24-25-28-31-34-37-40-44-48-52-56-60-64-68-72-83-77(82)71-67-63-59-55-51-47-41-18-16-14-12-10-8-6-4-2/h18,24,27,41,74-75,79-80H,3-17,19-23,25-26,28-40,42-73H2,1-2H3,(H,78,81)/b27-24-,41-18-. The van der Waals surface area contributed by atoms with E-state index in [4.69, 9.17) is 4.74 Å². The van der Waals surface area contributed by atoms with Gasteiger partial charge in [0.1, 0.15) is 0 Å². The highest BCUT2D eigenvalue weighted by Crippen LogP contribution is 2.19. The molecule has 3 N–H and O–H groups in total. The second-order valence-corrected chi connectivity index (χ2v) is 26.3. The number of allylic oxidation sites excluding steroid dienone is 4. The van der Waals surface area contributed by atoms with Crippen molar-refractivity contribution in [3.05, 3.63) is 24.3 Å². The average molecular weight is 1170 g/mol. The fourth-order valence-electron chi connectivity index (χ4n) is 12.2. The molecule has 0 rings (SSSR count). The van der Waals surface area contributed by atoms with E-state index in [0.717, 1.165) is 44.9 Å². The highest BCUT2D eigenvalue weighted by molar-refractivity contribution is 5.76. The number of amides is 1. The van der Waals surface area contributed by atoms with Crippen LogP contribution in [0.25, 0.3) is 0 Å². The number of carbonyl (C=O) groups excluding carboxylic acids is 2. The van der Waals surface area contributed by atoms with Gasteiger partial charge in [0.2, 0.25) is 5.91 Å². The summed E-state index contributed by atoms with van der Waals surface area (Å²) in [4.78, 5) is 24.6. The third-order valence-electron chi connectivity index (χ3n) is 18.0. The minimum atomic E-state index is -0.667. The second-order valence-electron chi connectivity index (χ2n) is 26.3. The first kappa shape index (κ1) is 81.3. The first-order valence-corrected chi connectivity index (χ1v) is 38.1. The van der Waals surface area contributed by atoms with E-state index in [0.29, 0.717) is 25.9 Å². The van der Waals surface area contributed by atoms with Crippen LogP contribution in [0, 0.1) is 0 Å². The Morgan fingerprint density at radius 3 is 0.855 bits per heavy atom. The maximum absolute atomic E-state index is 12.6. The smallest absolute Gasteiger partial charge is 0.305 e. The fraction of sp³-hybridized carbons (Fsp3) is 0.922. The van der Waals surface area contributed by atoms with Crippen molar-refractivity contribution in [3.63, 3.8) is 0 Å². The van der Waals surface area contributed by atoms with Gasteiger partial charge in [-0.2, -0.15) is 0 Å². The van der Waals surface area contributed by atoms with Crippen molar-refractivity contribution in [1.29, 1.82) is 0 Å². The van der Waals surface area contributed by atoms with Gasteiger partial charge in [-0.05, 0) is 77.0 Å². The number of hydrogen-bond donors (Lipinski definition) is 3. The summed E-state index contributed by atoms with van der Waals surface area (Å²) in [6.07, 6.45) is 92.5. The van der Waals surface area contributed by atoms with Gasteiger partial charge in [0.05, 0.1) is 25.4 Å². The molecular weight excluding hydrogens is 1020 g/mol.